The van der Waals surface area contributed by atoms with E-state index >= 15 is 0 Å². The summed E-state index contributed by atoms with van der Waals surface area (Å²) >= 11 is 1.77. The number of rotatable bonds is 4. The van der Waals surface area contributed by atoms with Crippen LogP contribution in [0.3, 0.4) is 0 Å². The first-order valence-corrected chi connectivity index (χ1v) is 7.80. The first-order chi connectivity index (χ1) is 9.22. The average Bonchev–Trinajstić information content (AvgIpc) is 3.03. The Kier molecular flexibility index (Phi) is 3.67. The fraction of sp³-hybridized carbons (Fsp3) is 0.438. The summed E-state index contributed by atoms with van der Waals surface area (Å²) in [6.45, 7) is 5.20. The Bertz CT molecular complexity index is 574. The first-order valence-electron chi connectivity index (χ1n) is 6.99. The van der Waals surface area contributed by atoms with Gasteiger partial charge in [-0.3, -0.25) is 0 Å². The fourth-order valence-corrected chi connectivity index (χ4v) is 3.47. The van der Waals surface area contributed by atoms with Gasteiger partial charge in [0.15, 0.2) is 0 Å². The zero-order valence-electron chi connectivity index (χ0n) is 11.6. The van der Waals surface area contributed by atoms with Crippen molar-refractivity contribution in [1.82, 2.24) is 10.3 Å². The molecule has 0 radical (unpaired) electrons. The highest BCUT2D eigenvalue weighted by atomic mass is 32.1. The summed E-state index contributed by atoms with van der Waals surface area (Å²) in [5.74, 6) is 0. The lowest BCUT2D eigenvalue weighted by Gasteiger charge is -2.15. The summed E-state index contributed by atoms with van der Waals surface area (Å²) in [5.41, 5.74) is 4.51. The Labute approximate surface area is 118 Å². The van der Waals surface area contributed by atoms with Crippen LogP contribution in [-0.4, -0.2) is 4.98 Å². The second-order valence-electron chi connectivity index (χ2n) is 5.33. The Morgan fingerprint density at radius 2 is 2.16 bits per heavy atom. The maximum atomic E-state index is 4.29. The fourth-order valence-electron chi connectivity index (χ4n) is 2.72. The number of hydrogen-bond acceptors (Lipinski definition) is 3. The van der Waals surface area contributed by atoms with E-state index in [1.165, 1.54) is 29.7 Å². The van der Waals surface area contributed by atoms with Crippen LogP contribution in [0.2, 0.25) is 0 Å². The summed E-state index contributed by atoms with van der Waals surface area (Å²) in [6.07, 6.45) is 5.81. The van der Waals surface area contributed by atoms with Crippen molar-refractivity contribution in [2.75, 3.05) is 0 Å². The van der Waals surface area contributed by atoms with E-state index in [2.05, 4.69) is 42.3 Å². The van der Waals surface area contributed by atoms with Crippen LogP contribution in [0.25, 0.3) is 0 Å². The summed E-state index contributed by atoms with van der Waals surface area (Å²) in [4.78, 5) is 5.60. The normalized spacial score (nSPS) is 15.5. The molecule has 100 valence electrons. The van der Waals surface area contributed by atoms with Crippen LogP contribution in [0.4, 0.5) is 0 Å². The molecule has 2 aromatic rings. The van der Waals surface area contributed by atoms with Gasteiger partial charge in [0.25, 0.3) is 0 Å². The molecule has 1 aromatic carbocycles. The zero-order chi connectivity index (χ0) is 13.2. The van der Waals surface area contributed by atoms with E-state index in [1.54, 1.807) is 22.5 Å². The van der Waals surface area contributed by atoms with E-state index in [1.807, 2.05) is 6.20 Å². The lowest BCUT2D eigenvalue weighted by Crippen LogP contribution is -2.17. The van der Waals surface area contributed by atoms with E-state index < -0.39 is 0 Å². The van der Waals surface area contributed by atoms with Gasteiger partial charge in [-0.15, -0.1) is 11.3 Å². The molecule has 1 atom stereocenters. The molecule has 0 saturated heterocycles. The Morgan fingerprint density at radius 1 is 1.32 bits per heavy atom. The van der Waals surface area contributed by atoms with E-state index in [-0.39, 0.29) is 0 Å². The number of aryl methyl sites for hydroxylation is 3. The number of nitrogens with one attached hydrogen (secondary N) is 1. The van der Waals surface area contributed by atoms with Gasteiger partial charge < -0.3 is 5.32 Å². The molecule has 1 unspecified atom stereocenters. The SMILES string of the molecule is Cc1ncc(CNC(C)c2ccc3c(c2)CCC3)s1. The molecule has 1 heterocycles. The highest BCUT2D eigenvalue weighted by Gasteiger charge is 2.13. The van der Waals surface area contributed by atoms with Crippen LogP contribution < -0.4 is 5.32 Å². The van der Waals surface area contributed by atoms with Gasteiger partial charge >= 0.3 is 0 Å². The van der Waals surface area contributed by atoms with E-state index in [0.717, 1.165) is 11.6 Å². The van der Waals surface area contributed by atoms with Crippen LogP contribution in [0.15, 0.2) is 24.4 Å². The highest BCUT2D eigenvalue weighted by Crippen LogP contribution is 2.25. The molecule has 19 heavy (non-hydrogen) atoms. The van der Waals surface area contributed by atoms with Crippen LogP contribution in [0, 0.1) is 6.92 Å². The number of hydrogen-bond donors (Lipinski definition) is 1. The maximum Gasteiger partial charge on any atom is 0.0897 e. The van der Waals surface area contributed by atoms with Gasteiger partial charge in [0.2, 0.25) is 0 Å². The first kappa shape index (κ1) is 12.8. The number of fused-ring (bicyclic) bond motifs is 1. The topological polar surface area (TPSA) is 24.9 Å². The summed E-state index contributed by atoms with van der Waals surface area (Å²) in [7, 11) is 0. The van der Waals surface area contributed by atoms with Crippen molar-refractivity contribution < 1.29 is 0 Å². The molecule has 2 nitrogen and oxygen atoms in total. The zero-order valence-corrected chi connectivity index (χ0v) is 12.4. The van der Waals surface area contributed by atoms with Gasteiger partial charge in [0.1, 0.15) is 0 Å². The molecular weight excluding hydrogens is 252 g/mol. The van der Waals surface area contributed by atoms with Gasteiger partial charge in [-0.1, -0.05) is 18.2 Å². The van der Waals surface area contributed by atoms with E-state index in [4.69, 9.17) is 0 Å². The van der Waals surface area contributed by atoms with Gasteiger partial charge in [-0.05, 0) is 49.8 Å². The smallest absolute Gasteiger partial charge is 0.0897 e. The Balaban J connectivity index is 1.65. The quantitative estimate of drug-likeness (QED) is 0.916. The summed E-state index contributed by atoms with van der Waals surface area (Å²) in [5, 5.41) is 4.73. The number of aromatic nitrogens is 1. The monoisotopic (exact) mass is 272 g/mol. The molecular formula is C16H20N2S. The summed E-state index contributed by atoms with van der Waals surface area (Å²) in [6, 6.07) is 7.37. The summed E-state index contributed by atoms with van der Waals surface area (Å²) < 4.78 is 0. The van der Waals surface area contributed by atoms with Crippen molar-refractivity contribution >= 4 is 11.3 Å². The number of nitrogens with zero attached hydrogens (tertiary/aromatic N) is 1. The Hall–Kier alpha value is -1.19. The second-order valence-corrected chi connectivity index (χ2v) is 6.65. The minimum absolute atomic E-state index is 0.397. The molecule has 0 spiro atoms. The third-order valence-corrected chi connectivity index (χ3v) is 4.79. The van der Waals surface area contributed by atoms with Crippen LogP contribution in [-0.2, 0) is 19.4 Å². The van der Waals surface area contributed by atoms with Crippen LogP contribution in [0.1, 0.15) is 46.0 Å². The molecule has 1 aromatic heterocycles. The Morgan fingerprint density at radius 3 is 2.95 bits per heavy atom. The minimum atomic E-state index is 0.397. The average molecular weight is 272 g/mol. The van der Waals surface area contributed by atoms with Crippen molar-refractivity contribution in [3.63, 3.8) is 0 Å². The van der Waals surface area contributed by atoms with Gasteiger partial charge in [-0.25, -0.2) is 4.98 Å². The van der Waals surface area contributed by atoms with Gasteiger partial charge in [0.05, 0.1) is 5.01 Å². The molecule has 3 heteroatoms. The largest absolute Gasteiger partial charge is 0.305 e. The maximum absolute atomic E-state index is 4.29. The molecule has 0 aliphatic heterocycles. The lowest BCUT2D eigenvalue weighted by molar-refractivity contribution is 0.578. The molecule has 1 N–H and O–H groups in total. The van der Waals surface area contributed by atoms with Crippen LogP contribution >= 0.6 is 11.3 Å². The molecule has 3 rings (SSSR count). The second kappa shape index (κ2) is 5.43. The molecule has 0 fully saturated rings. The third kappa shape index (κ3) is 2.88. The van der Waals surface area contributed by atoms with E-state index in [0.29, 0.717) is 6.04 Å². The molecule has 0 bridgehead atoms. The van der Waals surface area contributed by atoms with Gasteiger partial charge in [0, 0.05) is 23.7 Å². The third-order valence-electron chi connectivity index (χ3n) is 3.87. The lowest BCUT2D eigenvalue weighted by atomic mass is 10.0. The van der Waals surface area contributed by atoms with E-state index in [9.17, 15) is 0 Å². The van der Waals surface area contributed by atoms with Crippen molar-refractivity contribution in [3.8, 4) is 0 Å². The molecule has 1 aliphatic carbocycles. The molecule has 0 saturated carbocycles. The van der Waals surface area contributed by atoms with Gasteiger partial charge in [-0.2, -0.15) is 0 Å². The number of thiazole rings is 1. The highest BCUT2D eigenvalue weighted by molar-refractivity contribution is 7.11. The predicted octanol–water partition coefficient (Wildman–Crippen LogP) is 3.79. The standard InChI is InChI=1S/C16H20N2S/c1-11(17-9-16-10-18-12(2)19-16)14-7-6-13-4-3-5-15(13)8-14/h6-8,10-11,17H,3-5,9H2,1-2H3. The van der Waals surface area contributed by atoms with Crippen molar-refractivity contribution in [3.05, 3.63) is 51.0 Å². The predicted molar refractivity (Wildman–Crippen MR) is 80.6 cm³/mol. The number of benzene rings is 1. The van der Waals surface area contributed by atoms with Crippen molar-refractivity contribution in [2.24, 2.45) is 0 Å². The minimum Gasteiger partial charge on any atom is -0.305 e. The van der Waals surface area contributed by atoms with Crippen molar-refractivity contribution in [1.29, 1.82) is 0 Å². The molecule has 0 amide bonds. The van der Waals surface area contributed by atoms with Crippen molar-refractivity contribution in [2.45, 2.75) is 45.7 Å². The van der Waals surface area contributed by atoms with Crippen LogP contribution in [0.5, 0.6) is 0 Å². The molecule has 1 aliphatic rings.